The molecular formula is C15H18N2O2. The molecule has 0 saturated carbocycles. The van der Waals surface area contributed by atoms with E-state index >= 15 is 0 Å². The first-order chi connectivity index (χ1) is 9.17. The van der Waals surface area contributed by atoms with Crippen molar-refractivity contribution in [2.24, 2.45) is 5.73 Å². The molecule has 100 valence electrons. The summed E-state index contributed by atoms with van der Waals surface area (Å²) < 4.78 is 7.06. The molecule has 19 heavy (non-hydrogen) atoms. The summed E-state index contributed by atoms with van der Waals surface area (Å²) in [5, 5.41) is 0. The van der Waals surface area contributed by atoms with Gasteiger partial charge in [-0.15, -0.1) is 0 Å². The molecule has 2 rings (SSSR count). The van der Waals surface area contributed by atoms with Crippen LogP contribution < -0.4 is 16.0 Å². The molecule has 2 N–H and O–H groups in total. The Hall–Kier alpha value is -2.07. The SMILES string of the molecule is CCOc1ccc(-n2c(C)ccc(CN)c2=O)cc1. The molecule has 0 saturated heterocycles. The van der Waals surface area contributed by atoms with Crippen molar-refractivity contribution in [3.63, 3.8) is 0 Å². The minimum absolute atomic E-state index is 0.0633. The lowest BCUT2D eigenvalue weighted by Crippen LogP contribution is -2.25. The van der Waals surface area contributed by atoms with Crippen LogP contribution in [0.25, 0.3) is 5.69 Å². The molecule has 0 radical (unpaired) electrons. The molecule has 0 amide bonds. The molecule has 1 aromatic carbocycles. The minimum Gasteiger partial charge on any atom is -0.494 e. The quantitative estimate of drug-likeness (QED) is 0.912. The van der Waals surface area contributed by atoms with Crippen molar-refractivity contribution in [2.75, 3.05) is 6.61 Å². The molecule has 2 aromatic rings. The Labute approximate surface area is 112 Å². The number of rotatable bonds is 4. The van der Waals surface area contributed by atoms with E-state index < -0.39 is 0 Å². The second-order valence-corrected chi connectivity index (χ2v) is 4.27. The van der Waals surface area contributed by atoms with E-state index in [2.05, 4.69) is 0 Å². The Kier molecular flexibility index (Phi) is 4.02. The van der Waals surface area contributed by atoms with Gasteiger partial charge in [0.15, 0.2) is 0 Å². The first kappa shape index (κ1) is 13.4. The highest BCUT2D eigenvalue weighted by molar-refractivity contribution is 5.39. The van der Waals surface area contributed by atoms with Gasteiger partial charge >= 0.3 is 0 Å². The number of pyridine rings is 1. The van der Waals surface area contributed by atoms with Crippen LogP contribution in [0.4, 0.5) is 0 Å². The summed E-state index contributed by atoms with van der Waals surface area (Å²) in [4.78, 5) is 12.3. The van der Waals surface area contributed by atoms with Crippen LogP contribution in [0.15, 0.2) is 41.2 Å². The van der Waals surface area contributed by atoms with E-state index in [1.165, 1.54) is 0 Å². The van der Waals surface area contributed by atoms with E-state index in [1.54, 1.807) is 10.6 Å². The first-order valence-electron chi connectivity index (χ1n) is 6.32. The van der Waals surface area contributed by atoms with Crippen LogP contribution in [0.3, 0.4) is 0 Å². The zero-order chi connectivity index (χ0) is 13.8. The van der Waals surface area contributed by atoms with Crippen LogP contribution in [0.1, 0.15) is 18.2 Å². The summed E-state index contributed by atoms with van der Waals surface area (Å²) in [6.45, 7) is 4.71. The number of nitrogens with zero attached hydrogens (tertiary/aromatic N) is 1. The summed E-state index contributed by atoms with van der Waals surface area (Å²) in [5.41, 5.74) is 7.83. The average Bonchev–Trinajstić information content (AvgIpc) is 2.41. The van der Waals surface area contributed by atoms with Gasteiger partial charge in [-0.05, 0) is 44.2 Å². The van der Waals surface area contributed by atoms with E-state index in [1.807, 2.05) is 44.2 Å². The van der Waals surface area contributed by atoms with Gasteiger partial charge in [-0.3, -0.25) is 9.36 Å². The van der Waals surface area contributed by atoms with E-state index in [0.29, 0.717) is 12.2 Å². The highest BCUT2D eigenvalue weighted by Crippen LogP contribution is 2.15. The topological polar surface area (TPSA) is 57.2 Å². The predicted molar refractivity (Wildman–Crippen MR) is 75.8 cm³/mol. The molecule has 0 spiro atoms. The molecule has 4 nitrogen and oxygen atoms in total. The lowest BCUT2D eigenvalue weighted by Gasteiger charge is -2.12. The van der Waals surface area contributed by atoms with Crippen LogP contribution in [0, 0.1) is 6.92 Å². The van der Waals surface area contributed by atoms with Gasteiger partial charge in [0.1, 0.15) is 5.75 Å². The summed E-state index contributed by atoms with van der Waals surface area (Å²) in [6.07, 6.45) is 0. The molecule has 0 aliphatic rings. The second kappa shape index (κ2) is 5.71. The fraction of sp³-hybridized carbons (Fsp3) is 0.267. The largest absolute Gasteiger partial charge is 0.494 e. The maximum absolute atomic E-state index is 12.3. The lowest BCUT2D eigenvalue weighted by molar-refractivity contribution is 0.340. The Morgan fingerprint density at radius 1 is 1.16 bits per heavy atom. The van der Waals surface area contributed by atoms with Crippen LogP contribution in [0.2, 0.25) is 0 Å². The van der Waals surface area contributed by atoms with Gasteiger partial charge in [0.25, 0.3) is 5.56 Å². The summed E-state index contributed by atoms with van der Waals surface area (Å²) in [6, 6.07) is 11.2. The van der Waals surface area contributed by atoms with Crippen molar-refractivity contribution in [2.45, 2.75) is 20.4 Å². The van der Waals surface area contributed by atoms with Crippen molar-refractivity contribution in [3.8, 4) is 11.4 Å². The summed E-state index contributed by atoms with van der Waals surface area (Å²) >= 11 is 0. The maximum atomic E-state index is 12.3. The van der Waals surface area contributed by atoms with Crippen LogP contribution in [-0.4, -0.2) is 11.2 Å². The number of nitrogens with two attached hydrogens (primary N) is 1. The molecule has 0 unspecified atom stereocenters. The number of aryl methyl sites for hydroxylation is 1. The van der Waals surface area contributed by atoms with Gasteiger partial charge in [0, 0.05) is 23.5 Å². The first-order valence-corrected chi connectivity index (χ1v) is 6.32. The standard InChI is InChI=1S/C15H18N2O2/c1-3-19-14-8-6-13(7-9-14)17-11(2)4-5-12(10-16)15(17)18/h4-9H,3,10,16H2,1-2H3. The Morgan fingerprint density at radius 3 is 2.42 bits per heavy atom. The van der Waals surface area contributed by atoms with Crippen molar-refractivity contribution in [1.82, 2.24) is 4.57 Å². The van der Waals surface area contributed by atoms with Crippen molar-refractivity contribution < 1.29 is 4.74 Å². The predicted octanol–water partition coefficient (Wildman–Crippen LogP) is 2.00. The van der Waals surface area contributed by atoms with Gasteiger partial charge in [0.2, 0.25) is 0 Å². The van der Waals surface area contributed by atoms with Gasteiger partial charge in [-0.1, -0.05) is 6.07 Å². The van der Waals surface area contributed by atoms with Gasteiger partial charge in [-0.25, -0.2) is 0 Å². The molecule has 0 bridgehead atoms. The second-order valence-electron chi connectivity index (χ2n) is 4.27. The van der Waals surface area contributed by atoms with Crippen LogP contribution in [0.5, 0.6) is 5.75 Å². The van der Waals surface area contributed by atoms with Crippen molar-refractivity contribution in [3.05, 3.63) is 58.0 Å². The third kappa shape index (κ3) is 2.69. The van der Waals surface area contributed by atoms with E-state index in [4.69, 9.17) is 10.5 Å². The lowest BCUT2D eigenvalue weighted by atomic mass is 10.2. The van der Waals surface area contributed by atoms with Gasteiger partial charge in [-0.2, -0.15) is 0 Å². The highest BCUT2D eigenvalue weighted by Gasteiger charge is 2.07. The monoisotopic (exact) mass is 258 g/mol. The van der Waals surface area contributed by atoms with Crippen molar-refractivity contribution >= 4 is 0 Å². The van der Waals surface area contributed by atoms with E-state index in [0.717, 1.165) is 17.1 Å². The van der Waals surface area contributed by atoms with Gasteiger partial charge < -0.3 is 10.5 Å². The zero-order valence-corrected chi connectivity index (χ0v) is 11.2. The number of benzene rings is 1. The van der Waals surface area contributed by atoms with Crippen LogP contribution >= 0.6 is 0 Å². The summed E-state index contributed by atoms with van der Waals surface area (Å²) in [7, 11) is 0. The highest BCUT2D eigenvalue weighted by atomic mass is 16.5. The molecule has 1 heterocycles. The van der Waals surface area contributed by atoms with Crippen molar-refractivity contribution in [1.29, 1.82) is 0 Å². The Morgan fingerprint density at radius 2 is 1.84 bits per heavy atom. The Bertz CT molecular complexity index is 615. The van der Waals surface area contributed by atoms with E-state index in [9.17, 15) is 4.79 Å². The number of hydrogen-bond acceptors (Lipinski definition) is 3. The summed E-state index contributed by atoms with van der Waals surface area (Å²) in [5.74, 6) is 0.798. The molecule has 0 aliphatic carbocycles. The Balaban J connectivity index is 2.49. The number of ether oxygens (including phenoxy) is 1. The zero-order valence-electron chi connectivity index (χ0n) is 11.2. The smallest absolute Gasteiger partial charge is 0.259 e. The molecular weight excluding hydrogens is 240 g/mol. The third-order valence-corrected chi connectivity index (χ3v) is 2.98. The maximum Gasteiger partial charge on any atom is 0.259 e. The fourth-order valence-corrected chi connectivity index (χ4v) is 2.01. The molecule has 0 aliphatic heterocycles. The fourth-order valence-electron chi connectivity index (χ4n) is 2.01. The minimum atomic E-state index is -0.0633. The number of hydrogen-bond donors (Lipinski definition) is 1. The molecule has 0 fully saturated rings. The van der Waals surface area contributed by atoms with Crippen LogP contribution in [-0.2, 0) is 6.54 Å². The third-order valence-electron chi connectivity index (χ3n) is 2.98. The molecule has 0 atom stereocenters. The number of aromatic nitrogens is 1. The van der Waals surface area contributed by atoms with Gasteiger partial charge in [0.05, 0.1) is 6.61 Å². The molecule has 4 heteroatoms. The van der Waals surface area contributed by atoms with E-state index in [-0.39, 0.29) is 12.1 Å². The average molecular weight is 258 g/mol. The molecule has 1 aromatic heterocycles. The normalized spacial score (nSPS) is 10.5.